The summed E-state index contributed by atoms with van der Waals surface area (Å²) < 4.78 is 16.5. The van der Waals surface area contributed by atoms with Gasteiger partial charge in [0, 0.05) is 31.9 Å². The van der Waals surface area contributed by atoms with Gasteiger partial charge in [-0.15, -0.1) is 0 Å². The summed E-state index contributed by atoms with van der Waals surface area (Å²) in [5.74, 6) is -0.808. The molecule has 2 atom stereocenters. The number of hydrogen-bond donors (Lipinski definition) is 1. The van der Waals surface area contributed by atoms with Gasteiger partial charge in [-0.3, -0.25) is 9.59 Å². The minimum Gasteiger partial charge on any atom is -0.507 e. The Morgan fingerprint density at radius 2 is 1.81 bits per heavy atom. The maximum Gasteiger partial charge on any atom is 0.295 e. The molecule has 2 aromatic rings. The molecule has 0 saturated carbocycles. The molecule has 0 spiro atoms. The zero-order chi connectivity index (χ0) is 25.8. The van der Waals surface area contributed by atoms with Gasteiger partial charge in [0.2, 0.25) is 0 Å². The molecule has 36 heavy (non-hydrogen) atoms. The molecule has 2 saturated heterocycles. The van der Waals surface area contributed by atoms with Crippen LogP contribution in [-0.4, -0.2) is 68.3 Å². The maximum absolute atomic E-state index is 13.4. The number of Topliss-reactive ketones (excluding diaryl/α,β-unsaturated/α-hetero) is 1. The highest BCUT2D eigenvalue weighted by atomic mass is 16.5. The summed E-state index contributed by atoms with van der Waals surface area (Å²) in [4.78, 5) is 30.4. The van der Waals surface area contributed by atoms with E-state index >= 15 is 0 Å². The van der Waals surface area contributed by atoms with Crippen LogP contribution in [-0.2, 0) is 14.3 Å². The number of anilines is 1. The summed E-state index contributed by atoms with van der Waals surface area (Å²) in [6, 6.07) is 12.0. The van der Waals surface area contributed by atoms with Gasteiger partial charge in [0.15, 0.2) is 0 Å². The number of ketones is 1. The molecule has 1 N–H and O–H groups in total. The van der Waals surface area contributed by atoms with Crippen LogP contribution >= 0.6 is 0 Å². The second-order valence-electron chi connectivity index (χ2n) is 8.92. The fourth-order valence-corrected chi connectivity index (χ4v) is 5.02. The number of hydrogen-bond acceptors (Lipinski definition) is 7. The molecule has 4 rings (SSSR count). The number of benzene rings is 2. The van der Waals surface area contributed by atoms with Gasteiger partial charge in [0.1, 0.15) is 17.3 Å². The molecule has 0 bridgehead atoms. The second-order valence-corrected chi connectivity index (χ2v) is 8.92. The SMILES string of the molecule is CCN(CC)c1ccc(C2/C(=C(\O)c3cc(OC)ccc3OC)C(=O)C(=O)N2CC2CCCO2)cc1. The van der Waals surface area contributed by atoms with Crippen LogP contribution in [0.25, 0.3) is 5.76 Å². The molecular formula is C28H34N2O6. The molecule has 2 aliphatic heterocycles. The van der Waals surface area contributed by atoms with E-state index in [-0.39, 0.29) is 29.5 Å². The lowest BCUT2D eigenvalue weighted by molar-refractivity contribution is -0.140. The Balaban J connectivity index is 1.84. The first-order valence-electron chi connectivity index (χ1n) is 12.4. The highest BCUT2D eigenvalue weighted by Crippen LogP contribution is 2.42. The quantitative estimate of drug-likeness (QED) is 0.318. The molecule has 0 aromatic heterocycles. The average Bonchev–Trinajstić information content (AvgIpc) is 3.51. The van der Waals surface area contributed by atoms with Crippen molar-refractivity contribution >= 4 is 23.1 Å². The Morgan fingerprint density at radius 3 is 2.39 bits per heavy atom. The monoisotopic (exact) mass is 494 g/mol. The molecule has 192 valence electrons. The van der Waals surface area contributed by atoms with Gasteiger partial charge < -0.3 is 29.1 Å². The normalized spacial score (nSPS) is 21.2. The first-order chi connectivity index (χ1) is 17.4. The molecule has 2 aromatic carbocycles. The van der Waals surface area contributed by atoms with Crippen molar-refractivity contribution in [3.05, 3.63) is 59.2 Å². The highest BCUT2D eigenvalue weighted by molar-refractivity contribution is 6.46. The number of methoxy groups -OCH3 is 2. The summed E-state index contributed by atoms with van der Waals surface area (Å²) in [5, 5.41) is 11.5. The lowest BCUT2D eigenvalue weighted by Gasteiger charge is -2.28. The third kappa shape index (κ3) is 4.78. The Hall–Kier alpha value is -3.52. The second kappa shape index (κ2) is 11.0. The third-order valence-corrected chi connectivity index (χ3v) is 6.96. The van der Waals surface area contributed by atoms with Crippen molar-refractivity contribution in [3.8, 4) is 11.5 Å². The van der Waals surface area contributed by atoms with Gasteiger partial charge in [-0.1, -0.05) is 12.1 Å². The standard InChI is InChI=1S/C28H34N2O6/c1-5-29(6-2)19-11-9-18(10-12-19)25-24(26(31)22-16-20(34-3)13-14-23(22)35-4)27(32)28(33)30(25)17-21-8-7-15-36-21/h9-14,16,21,25,31H,5-8,15,17H2,1-4H3/b26-24+. The predicted molar refractivity (Wildman–Crippen MR) is 138 cm³/mol. The third-order valence-electron chi connectivity index (χ3n) is 6.96. The van der Waals surface area contributed by atoms with Crippen LogP contribution in [0.15, 0.2) is 48.0 Å². The van der Waals surface area contributed by atoms with E-state index in [1.165, 1.54) is 19.1 Å². The fourth-order valence-electron chi connectivity index (χ4n) is 5.02. The summed E-state index contributed by atoms with van der Waals surface area (Å²) in [7, 11) is 3.00. The number of aliphatic hydroxyl groups is 1. The minimum absolute atomic E-state index is 0.0279. The predicted octanol–water partition coefficient (Wildman–Crippen LogP) is 4.15. The van der Waals surface area contributed by atoms with Crippen LogP contribution in [0.3, 0.4) is 0 Å². The smallest absolute Gasteiger partial charge is 0.295 e. The van der Waals surface area contributed by atoms with Gasteiger partial charge in [0.05, 0.1) is 37.5 Å². The summed E-state index contributed by atoms with van der Waals surface area (Å²) >= 11 is 0. The van der Waals surface area contributed by atoms with E-state index in [9.17, 15) is 14.7 Å². The number of aliphatic hydroxyl groups excluding tert-OH is 1. The first kappa shape index (κ1) is 25.6. The Bertz CT molecular complexity index is 1130. The number of nitrogens with zero attached hydrogens (tertiary/aromatic N) is 2. The van der Waals surface area contributed by atoms with Crippen molar-refractivity contribution in [2.45, 2.75) is 38.8 Å². The summed E-state index contributed by atoms with van der Waals surface area (Å²) in [6.07, 6.45) is 1.59. The molecule has 8 heteroatoms. The van der Waals surface area contributed by atoms with Crippen molar-refractivity contribution in [1.82, 2.24) is 4.90 Å². The Morgan fingerprint density at radius 1 is 1.08 bits per heavy atom. The number of likely N-dealkylation sites (tertiary alicyclic amines) is 1. The first-order valence-corrected chi connectivity index (χ1v) is 12.4. The van der Waals surface area contributed by atoms with Gasteiger partial charge in [-0.25, -0.2) is 0 Å². The molecule has 0 radical (unpaired) electrons. The molecule has 2 fully saturated rings. The summed E-state index contributed by atoms with van der Waals surface area (Å²) in [5.41, 5.74) is 2.11. The van der Waals surface area contributed by atoms with E-state index < -0.39 is 17.7 Å². The maximum atomic E-state index is 13.4. The number of ether oxygens (including phenoxy) is 3. The van der Waals surface area contributed by atoms with Gasteiger partial charge in [0.25, 0.3) is 11.7 Å². The van der Waals surface area contributed by atoms with E-state index in [1.54, 1.807) is 18.2 Å². The van der Waals surface area contributed by atoms with Crippen molar-refractivity contribution in [3.63, 3.8) is 0 Å². The number of amides is 1. The van der Waals surface area contributed by atoms with Crippen molar-refractivity contribution < 1.29 is 28.9 Å². The Labute approximate surface area is 212 Å². The van der Waals surface area contributed by atoms with Gasteiger partial charge in [-0.2, -0.15) is 0 Å². The van der Waals surface area contributed by atoms with Crippen molar-refractivity contribution in [2.24, 2.45) is 0 Å². The zero-order valence-corrected chi connectivity index (χ0v) is 21.3. The molecule has 0 aliphatic carbocycles. The minimum atomic E-state index is -0.754. The molecule has 2 heterocycles. The van der Waals surface area contributed by atoms with Gasteiger partial charge in [-0.05, 0) is 62.6 Å². The zero-order valence-electron chi connectivity index (χ0n) is 21.3. The Kier molecular flexibility index (Phi) is 7.84. The van der Waals surface area contributed by atoms with Crippen LogP contribution in [0, 0.1) is 0 Å². The number of carbonyl (C=O) groups excluding carboxylic acids is 2. The molecule has 2 aliphatic rings. The molecule has 1 amide bonds. The highest BCUT2D eigenvalue weighted by Gasteiger charge is 2.47. The molecular weight excluding hydrogens is 460 g/mol. The van der Waals surface area contributed by atoms with Crippen LogP contribution in [0.5, 0.6) is 11.5 Å². The fraction of sp³-hybridized carbons (Fsp3) is 0.429. The van der Waals surface area contributed by atoms with Crippen LogP contribution in [0.4, 0.5) is 5.69 Å². The van der Waals surface area contributed by atoms with Crippen LogP contribution in [0.2, 0.25) is 0 Å². The lowest BCUT2D eigenvalue weighted by Crippen LogP contribution is -2.36. The van der Waals surface area contributed by atoms with Gasteiger partial charge >= 0.3 is 0 Å². The van der Waals surface area contributed by atoms with Crippen LogP contribution in [0.1, 0.15) is 43.9 Å². The van der Waals surface area contributed by atoms with E-state index in [1.807, 2.05) is 24.3 Å². The number of rotatable bonds is 9. The largest absolute Gasteiger partial charge is 0.507 e. The molecule has 8 nitrogen and oxygen atoms in total. The van der Waals surface area contributed by atoms with Crippen molar-refractivity contribution in [2.75, 3.05) is 45.4 Å². The van der Waals surface area contributed by atoms with E-state index in [2.05, 4.69) is 18.7 Å². The molecule has 2 unspecified atom stereocenters. The van der Waals surface area contributed by atoms with E-state index in [0.717, 1.165) is 37.2 Å². The van der Waals surface area contributed by atoms with Crippen molar-refractivity contribution in [1.29, 1.82) is 0 Å². The van der Waals surface area contributed by atoms with E-state index in [4.69, 9.17) is 14.2 Å². The van der Waals surface area contributed by atoms with Crippen LogP contribution < -0.4 is 14.4 Å². The topological polar surface area (TPSA) is 88.5 Å². The van der Waals surface area contributed by atoms with E-state index in [0.29, 0.717) is 18.1 Å². The summed E-state index contributed by atoms with van der Waals surface area (Å²) in [6.45, 7) is 6.83. The number of carbonyl (C=O) groups is 2. The average molecular weight is 495 g/mol. The lowest BCUT2D eigenvalue weighted by atomic mass is 9.94.